The summed E-state index contributed by atoms with van der Waals surface area (Å²) in [4.78, 5) is 13.8. The molecule has 0 aliphatic carbocycles. The first-order chi connectivity index (χ1) is 17.5. The Hall–Kier alpha value is -2.17. The van der Waals surface area contributed by atoms with Gasteiger partial charge < -0.3 is 18.1 Å². The zero-order valence-electron chi connectivity index (χ0n) is 21.3. The van der Waals surface area contributed by atoms with Crippen LogP contribution < -0.4 is 0 Å². The quantitative estimate of drug-likeness (QED) is 0.196. The van der Waals surface area contributed by atoms with E-state index in [0.717, 1.165) is 27.8 Å². The Morgan fingerprint density at radius 1 is 0.722 bits per heavy atom. The number of benzene rings is 3. The molecular formula is C28H34O6P2. The first-order valence-electron chi connectivity index (χ1n) is 12.2. The number of hydrogen-bond acceptors (Lipinski definition) is 6. The lowest BCUT2D eigenvalue weighted by molar-refractivity contribution is 0.104. The standard InChI is InChI=1S/C28H34O6P2/c1-5-31-35(32-6-2)28(29)27-20-25(22-15-11-9-12-16-22)24(21-36(30,33-7-3)34-8-4)19-26(27)23-17-13-10-14-18-23/h9-20H,5-8,21H2,1-4H3. The smallest absolute Gasteiger partial charge is 0.329 e. The Morgan fingerprint density at radius 2 is 1.22 bits per heavy atom. The van der Waals surface area contributed by atoms with Crippen LogP contribution in [-0.4, -0.2) is 32.0 Å². The van der Waals surface area contributed by atoms with Crippen molar-refractivity contribution >= 4 is 21.5 Å². The summed E-state index contributed by atoms with van der Waals surface area (Å²) in [6.45, 7) is 8.56. The molecule has 0 saturated carbocycles. The van der Waals surface area contributed by atoms with Crippen LogP contribution >= 0.6 is 16.0 Å². The Balaban J connectivity index is 2.27. The third-order valence-corrected chi connectivity index (χ3v) is 8.91. The molecule has 8 heteroatoms. The minimum absolute atomic E-state index is 0.0822. The van der Waals surface area contributed by atoms with Crippen LogP contribution in [0, 0.1) is 0 Å². The van der Waals surface area contributed by atoms with E-state index in [-0.39, 0.29) is 24.9 Å². The minimum Gasteiger partial charge on any atom is -0.329 e. The first-order valence-corrected chi connectivity index (χ1v) is 15.1. The maximum absolute atomic E-state index is 13.8. The summed E-state index contributed by atoms with van der Waals surface area (Å²) < 4.78 is 36.2. The van der Waals surface area contributed by atoms with E-state index in [9.17, 15) is 9.36 Å². The lowest BCUT2D eigenvalue weighted by Gasteiger charge is -2.22. The Labute approximate surface area is 215 Å². The predicted octanol–water partition coefficient (Wildman–Crippen LogP) is 8.31. The van der Waals surface area contributed by atoms with Crippen molar-refractivity contribution in [1.29, 1.82) is 0 Å². The van der Waals surface area contributed by atoms with Gasteiger partial charge in [0.2, 0.25) is 13.9 Å². The van der Waals surface area contributed by atoms with Gasteiger partial charge in [-0.3, -0.25) is 9.36 Å². The van der Waals surface area contributed by atoms with Gasteiger partial charge in [0.15, 0.2) is 0 Å². The Kier molecular flexibility index (Phi) is 11.0. The van der Waals surface area contributed by atoms with E-state index in [4.69, 9.17) is 18.1 Å². The van der Waals surface area contributed by atoms with Crippen molar-refractivity contribution in [3.63, 3.8) is 0 Å². The number of hydrogen-bond donors (Lipinski definition) is 0. The van der Waals surface area contributed by atoms with Crippen LogP contribution in [0.25, 0.3) is 22.3 Å². The highest BCUT2D eigenvalue weighted by Gasteiger charge is 2.30. The van der Waals surface area contributed by atoms with Gasteiger partial charge in [0.1, 0.15) is 0 Å². The zero-order chi connectivity index (χ0) is 26.0. The van der Waals surface area contributed by atoms with E-state index < -0.39 is 16.0 Å². The maximum Gasteiger partial charge on any atom is 0.335 e. The number of carbonyl (C=O) groups is 1. The van der Waals surface area contributed by atoms with E-state index in [1.54, 1.807) is 13.8 Å². The molecule has 0 saturated heterocycles. The fraction of sp³-hybridized carbons (Fsp3) is 0.321. The van der Waals surface area contributed by atoms with E-state index >= 15 is 0 Å². The molecule has 0 bridgehead atoms. The van der Waals surface area contributed by atoms with Crippen LogP contribution in [0.1, 0.15) is 43.6 Å². The van der Waals surface area contributed by atoms with E-state index in [1.165, 1.54) is 0 Å². The predicted molar refractivity (Wildman–Crippen MR) is 146 cm³/mol. The molecule has 0 fully saturated rings. The average Bonchev–Trinajstić information content (AvgIpc) is 2.89. The minimum atomic E-state index is -3.41. The fourth-order valence-electron chi connectivity index (χ4n) is 3.91. The van der Waals surface area contributed by atoms with Crippen molar-refractivity contribution in [3.8, 4) is 22.3 Å². The molecule has 0 aliphatic heterocycles. The molecule has 3 aromatic rings. The molecule has 36 heavy (non-hydrogen) atoms. The number of rotatable bonds is 14. The van der Waals surface area contributed by atoms with Gasteiger partial charge in [-0.15, -0.1) is 0 Å². The molecule has 0 heterocycles. The van der Waals surface area contributed by atoms with Gasteiger partial charge >= 0.3 is 7.60 Å². The molecule has 0 N–H and O–H groups in total. The van der Waals surface area contributed by atoms with Crippen LogP contribution in [-0.2, 0) is 28.8 Å². The van der Waals surface area contributed by atoms with Crippen LogP contribution in [0.2, 0.25) is 0 Å². The molecular weight excluding hydrogens is 494 g/mol. The van der Waals surface area contributed by atoms with Crippen molar-refractivity contribution in [1.82, 2.24) is 0 Å². The van der Waals surface area contributed by atoms with Gasteiger partial charge in [-0.05, 0) is 67.6 Å². The zero-order valence-corrected chi connectivity index (χ0v) is 23.1. The third kappa shape index (κ3) is 7.20. The molecule has 0 aliphatic rings. The SMILES string of the molecule is CCOP(OCC)C(=O)c1cc(-c2ccccc2)c(CP(=O)(OCC)OCC)cc1-c1ccccc1. The van der Waals surface area contributed by atoms with Gasteiger partial charge in [0.05, 0.1) is 32.6 Å². The second-order valence-corrected chi connectivity index (χ2v) is 11.3. The van der Waals surface area contributed by atoms with Crippen LogP contribution in [0.4, 0.5) is 0 Å². The first kappa shape index (κ1) is 28.4. The van der Waals surface area contributed by atoms with Crippen molar-refractivity contribution in [2.24, 2.45) is 0 Å². The Bertz CT molecular complexity index is 1150. The monoisotopic (exact) mass is 528 g/mol. The van der Waals surface area contributed by atoms with Gasteiger partial charge in [-0.25, -0.2) is 0 Å². The van der Waals surface area contributed by atoms with Crippen LogP contribution in [0.15, 0.2) is 72.8 Å². The molecule has 3 rings (SSSR count). The van der Waals surface area contributed by atoms with Crippen LogP contribution in [0.5, 0.6) is 0 Å². The highest BCUT2D eigenvalue weighted by Crippen LogP contribution is 2.53. The van der Waals surface area contributed by atoms with Gasteiger partial charge in [0.25, 0.3) is 0 Å². The summed E-state index contributed by atoms with van der Waals surface area (Å²) in [6.07, 6.45) is 0.0822. The van der Waals surface area contributed by atoms with Crippen molar-refractivity contribution in [2.75, 3.05) is 26.4 Å². The Morgan fingerprint density at radius 3 is 1.69 bits per heavy atom. The molecule has 0 unspecified atom stereocenters. The van der Waals surface area contributed by atoms with Crippen molar-refractivity contribution in [2.45, 2.75) is 33.9 Å². The highest BCUT2D eigenvalue weighted by molar-refractivity contribution is 7.67. The molecule has 0 amide bonds. The normalized spacial score (nSPS) is 11.7. The summed E-state index contributed by atoms with van der Waals surface area (Å²) >= 11 is 0. The van der Waals surface area contributed by atoms with Crippen molar-refractivity contribution < 1.29 is 27.5 Å². The lowest BCUT2D eigenvalue weighted by Crippen LogP contribution is -2.08. The van der Waals surface area contributed by atoms with Gasteiger partial charge in [-0.2, -0.15) is 0 Å². The topological polar surface area (TPSA) is 71.1 Å². The molecule has 6 nitrogen and oxygen atoms in total. The molecule has 3 aromatic carbocycles. The summed E-state index contributed by atoms with van der Waals surface area (Å²) in [5.74, 6) is 0. The van der Waals surface area contributed by atoms with E-state index in [1.807, 2.05) is 86.6 Å². The van der Waals surface area contributed by atoms with E-state index in [2.05, 4.69) is 0 Å². The third-order valence-electron chi connectivity index (χ3n) is 5.32. The molecule has 0 radical (unpaired) electrons. The van der Waals surface area contributed by atoms with Gasteiger partial charge in [0, 0.05) is 5.56 Å². The summed E-state index contributed by atoms with van der Waals surface area (Å²) in [5.41, 5.74) is 4.36. The second-order valence-electron chi connectivity index (χ2n) is 7.79. The molecule has 192 valence electrons. The largest absolute Gasteiger partial charge is 0.335 e. The van der Waals surface area contributed by atoms with Gasteiger partial charge in [-0.1, -0.05) is 60.7 Å². The summed E-state index contributed by atoms with van der Waals surface area (Å²) in [7, 11) is -5.19. The highest BCUT2D eigenvalue weighted by atomic mass is 31.2. The second kappa shape index (κ2) is 13.9. The van der Waals surface area contributed by atoms with Crippen LogP contribution in [0.3, 0.4) is 0 Å². The summed E-state index contributed by atoms with van der Waals surface area (Å²) in [6, 6.07) is 23.2. The molecule has 0 atom stereocenters. The summed E-state index contributed by atoms with van der Waals surface area (Å²) in [5, 5.41) is 0. The molecule has 0 aromatic heterocycles. The van der Waals surface area contributed by atoms with E-state index in [0.29, 0.717) is 18.8 Å². The maximum atomic E-state index is 13.8. The lowest BCUT2D eigenvalue weighted by atomic mass is 9.91. The number of carbonyl (C=O) groups excluding carboxylic acids is 1. The molecule has 0 spiro atoms. The average molecular weight is 529 g/mol. The van der Waals surface area contributed by atoms with Crippen molar-refractivity contribution in [3.05, 3.63) is 83.9 Å². The fourth-order valence-corrected chi connectivity index (χ4v) is 6.80.